The fourth-order valence-electron chi connectivity index (χ4n) is 2.33. The van der Waals surface area contributed by atoms with Crippen molar-refractivity contribution in [1.29, 1.82) is 0 Å². The molecule has 1 aromatic heterocycles. The first kappa shape index (κ1) is 22.0. The van der Waals surface area contributed by atoms with Gasteiger partial charge in [-0.3, -0.25) is 4.98 Å². The molecule has 0 fully saturated rings. The van der Waals surface area contributed by atoms with Crippen molar-refractivity contribution < 1.29 is 0 Å². The van der Waals surface area contributed by atoms with Crippen molar-refractivity contribution in [2.24, 2.45) is 4.99 Å². The molecular formula is C18H23Cl2IN4. The Labute approximate surface area is 176 Å². The number of hydrogen-bond acceptors (Lipinski definition) is 2. The first-order valence-electron chi connectivity index (χ1n) is 7.97. The molecule has 0 aliphatic carbocycles. The second kappa shape index (κ2) is 11.5. The maximum absolute atomic E-state index is 6.28. The van der Waals surface area contributed by atoms with E-state index in [4.69, 9.17) is 23.2 Å². The molecule has 2 N–H and O–H groups in total. The van der Waals surface area contributed by atoms with Gasteiger partial charge >= 0.3 is 0 Å². The van der Waals surface area contributed by atoms with Gasteiger partial charge in [0.1, 0.15) is 0 Å². The molecule has 0 radical (unpaired) electrons. The molecule has 1 unspecified atom stereocenters. The topological polar surface area (TPSA) is 49.3 Å². The smallest absolute Gasteiger partial charge is 0.191 e. The van der Waals surface area contributed by atoms with Crippen LogP contribution in [0.4, 0.5) is 0 Å². The van der Waals surface area contributed by atoms with E-state index in [1.807, 2.05) is 43.3 Å². The molecule has 2 rings (SSSR count). The summed E-state index contributed by atoms with van der Waals surface area (Å²) in [5.41, 5.74) is 1.88. The summed E-state index contributed by atoms with van der Waals surface area (Å²) >= 11 is 12.6. The van der Waals surface area contributed by atoms with E-state index in [0.717, 1.165) is 23.8 Å². The number of aromatic nitrogens is 1. The Kier molecular flexibility index (Phi) is 10.2. The zero-order valence-corrected chi connectivity index (χ0v) is 18.1. The molecule has 0 saturated heterocycles. The molecule has 1 heterocycles. The van der Waals surface area contributed by atoms with Crippen LogP contribution < -0.4 is 10.6 Å². The van der Waals surface area contributed by atoms with Gasteiger partial charge in [0.25, 0.3) is 0 Å². The highest BCUT2D eigenvalue weighted by Gasteiger charge is 2.14. The quantitative estimate of drug-likeness (QED) is 0.343. The maximum Gasteiger partial charge on any atom is 0.191 e. The van der Waals surface area contributed by atoms with Crippen LogP contribution in [0.3, 0.4) is 0 Å². The number of hydrogen-bond donors (Lipinski definition) is 2. The molecule has 25 heavy (non-hydrogen) atoms. The predicted octanol–water partition coefficient (Wildman–Crippen LogP) is 4.87. The molecule has 1 aromatic carbocycles. The van der Waals surface area contributed by atoms with E-state index < -0.39 is 0 Å². The fourth-order valence-corrected chi connectivity index (χ4v) is 3.10. The minimum absolute atomic E-state index is 0. The second-order valence-electron chi connectivity index (χ2n) is 5.43. The molecule has 0 aliphatic heterocycles. The number of rotatable bonds is 6. The largest absolute Gasteiger partial charge is 0.357 e. The summed E-state index contributed by atoms with van der Waals surface area (Å²) in [4.78, 5) is 8.84. The summed E-state index contributed by atoms with van der Waals surface area (Å²) in [6.45, 7) is 6.11. The number of nitrogens with one attached hydrogen (secondary N) is 2. The maximum atomic E-state index is 6.28. The van der Waals surface area contributed by atoms with Crippen molar-refractivity contribution in [2.45, 2.75) is 26.3 Å². The van der Waals surface area contributed by atoms with E-state index in [1.54, 1.807) is 6.20 Å². The number of pyridine rings is 1. The summed E-state index contributed by atoms with van der Waals surface area (Å²) in [6.07, 6.45) is 1.77. The Hall–Kier alpha value is -1.05. The van der Waals surface area contributed by atoms with Gasteiger partial charge in [0.15, 0.2) is 5.96 Å². The zero-order valence-electron chi connectivity index (χ0n) is 14.3. The average Bonchev–Trinajstić information content (AvgIpc) is 2.58. The van der Waals surface area contributed by atoms with Crippen LogP contribution in [0.2, 0.25) is 10.0 Å². The molecule has 0 bridgehead atoms. The van der Waals surface area contributed by atoms with Crippen molar-refractivity contribution >= 4 is 53.1 Å². The van der Waals surface area contributed by atoms with E-state index >= 15 is 0 Å². The Bertz CT molecular complexity index is 660. The van der Waals surface area contributed by atoms with Gasteiger partial charge in [0, 0.05) is 35.2 Å². The van der Waals surface area contributed by atoms with E-state index in [-0.39, 0.29) is 29.9 Å². The third-order valence-corrected chi connectivity index (χ3v) is 4.20. The van der Waals surface area contributed by atoms with Crippen LogP contribution in [-0.4, -0.2) is 24.0 Å². The number of guanidine groups is 1. The SMILES string of the molecule is CCNC(=NCc1ccccn1)NCC(C)c1c(Cl)cccc1Cl.I. The highest BCUT2D eigenvalue weighted by Crippen LogP contribution is 2.30. The molecule has 0 saturated carbocycles. The summed E-state index contributed by atoms with van der Waals surface area (Å²) in [7, 11) is 0. The highest BCUT2D eigenvalue weighted by molar-refractivity contribution is 14.0. The molecule has 7 heteroatoms. The standard InChI is InChI=1S/C18H22Cl2N4.HI/c1-3-21-18(24-12-14-7-4-5-10-22-14)23-11-13(2)17-15(19)8-6-9-16(17)20;/h4-10,13H,3,11-12H2,1-2H3,(H2,21,23,24);1H. The molecular weight excluding hydrogens is 470 g/mol. The Balaban J connectivity index is 0.00000312. The first-order valence-corrected chi connectivity index (χ1v) is 8.73. The minimum atomic E-state index is 0. The third-order valence-electron chi connectivity index (χ3n) is 3.54. The van der Waals surface area contributed by atoms with Crippen molar-refractivity contribution in [1.82, 2.24) is 15.6 Å². The van der Waals surface area contributed by atoms with Crippen LogP contribution in [0.25, 0.3) is 0 Å². The number of halogens is 3. The summed E-state index contributed by atoms with van der Waals surface area (Å²) in [5, 5.41) is 7.95. The van der Waals surface area contributed by atoms with Gasteiger partial charge in [-0.05, 0) is 36.8 Å². The zero-order chi connectivity index (χ0) is 17.4. The highest BCUT2D eigenvalue weighted by atomic mass is 127. The summed E-state index contributed by atoms with van der Waals surface area (Å²) in [5.74, 6) is 0.906. The molecule has 2 aromatic rings. The van der Waals surface area contributed by atoms with Crippen molar-refractivity contribution in [3.05, 3.63) is 63.9 Å². The van der Waals surface area contributed by atoms with Crippen LogP contribution in [0.1, 0.15) is 31.0 Å². The third kappa shape index (κ3) is 6.99. The molecule has 0 amide bonds. The van der Waals surface area contributed by atoms with Gasteiger partial charge in [-0.25, -0.2) is 4.99 Å². The van der Waals surface area contributed by atoms with Gasteiger partial charge in [-0.15, -0.1) is 24.0 Å². The second-order valence-corrected chi connectivity index (χ2v) is 6.25. The number of aliphatic imine (C=N–C) groups is 1. The molecule has 0 spiro atoms. The molecule has 136 valence electrons. The van der Waals surface area contributed by atoms with E-state index in [2.05, 4.69) is 27.5 Å². The van der Waals surface area contributed by atoms with Crippen LogP contribution in [0.15, 0.2) is 47.6 Å². The van der Waals surface area contributed by atoms with Gasteiger partial charge in [0.05, 0.1) is 12.2 Å². The lowest BCUT2D eigenvalue weighted by atomic mass is 10.0. The average molecular weight is 493 g/mol. The van der Waals surface area contributed by atoms with Gasteiger partial charge in [-0.2, -0.15) is 0 Å². The molecule has 1 atom stereocenters. The van der Waals surface area contributed by atoms with Gasteiger partial charge < -0.3 is 10.6 Å². The lowest BCUT2D eigenvalue weighted by molar-refractivity contribution is 0.699. The van der Waals surface area contributed by atoms with Crippen LogP contribution >= 0.6 is 47.2 Å². The Morgan fingerprint density at radius 1 is 1.12 bits per heavy atom. The molecule has 0 aliphatic rings. The van der Waals surface area contributed by atoms with Crippen molar-refractivity contribution in [3.63, 3.8) is 0 Å². The van der Waals surface area contributed by atoms with Gasteiger partial charge in [-0.1, -0.05) is 42.3 Å². The van der Waals surface area contributed by atoms with Gasteiger partial charge in [0.2, 0.25) is 0 Å². The predicted molar refractivity (Wildman–Crippen MR) is 117 cm³/mol. The minimum Gasteiger partial charge on any atom is -0.357 e. The van der Waals surface area contributed by atoms with Crippen molar-refractivity contribution in [2.75, 3.05) is 13.1 Å². The fraction of sp³-hybridized carbons (Fsp3) is 0.333. The van der Waals surface area contributed by atoms with E-state index in [1.165, 1.54) is 0 Å². The van der Waals surface area contributed by atoms with E-state index in [9.17, 15) is 0 Å². The lowest BCUT2D eigenvalue weighted by Gasteiger charge is -2.18. The van der Waals surface area contributed by atoms with Crippen LogP contribution in [0.5, 0.6) is 0 Å². The van der Waals surface area contributed by atoms with Crippen molar-refractivity contribution in [3.8, 4) is 0 Å². The lowest BCUT2D eigenvalue weighted by Crippen LogP contribution is -2.39. The number of nitrogens with zero attached hydrogens (tertiary/aromatic N) is 2. The van der Waals surface area contributed by atoms with E-state index in [0.29, 0.717) is 23.1 Å². The Morgan fingerprint density at radius 3 is 2.44 bits per heavy atom. The Morgan fingerprint density at radius 2 is 1.84 bits per heavy atom. The molecule has 4 nitrogen and oxygen atoms in total. The summed E-state index contributed by atoms with van der Waals surface area (Å²) < 4.78 is 0. The summed E-state index contributed by atoms with van der Waals surface area (Å²) in [6, 6.07) is 11.4. The number of benzene rings is 1. The normalized spacial score (nSPS) is 12.2. The van der Waals surface area contributed by atoms with Crippen LogP contribution in [-0.2, 0) is 6.54 Å². The van der Waals surface area contributed by atoms with Crippen LogP contribution in [0, 0.1) is 0 Å². The first-order chi connectivity index (χ1) is 11.6. The monoisotopic (exact) mass is 492 g/mol.